The molecule has 0 spiro atoms. The molecule has 5 nitrogen and oxygen atoms in total. The molecule has 0 heterocycles. The fraction of sp³-hybridized carbons (Fsp3) is 0.429. The molecule has 0 aliphatic carbocycles. The van der Waals surface area contributed by atoms with Gasteiger partial charge >= 0.3 is 11.9 Å². The second kappa shape index (κ2) is 7.53. The number of carbonyl (C=O) groups is 2. The molecule has 0 aromatic heterocycles. The highest BCUT2D eigenvalue weighted by molar-refractivity contribution is 5.75. The van der Waals surface area contributed by atoms with E-state index in [2.05, 4.69) is 0 Å². The predicted octanol–water partition coefficient (Wildman–Crippen LogP) is 1.52. The lowest BCUT2D eigenvalue weighted by atomic mass is 10.1. The molecule has 0 radical (unpaired) electrons. The molecule has 0 saturated carbocycles. The van der Waals surface area contributed by atoms with E-state index < -0.39 is 12.0 Å². The molecule has 0 fully saturated rings. The fourth-order valence-corrected chi connectivity index (χ4v) is 1.67. The first-order valence-electron chi connectivity index (χ1n) is 6.09. The number of hydrogen-bond acceptors (Lipinski definition) is 4. The highest BCUT2D eigenvalue weighted by atomic mass is 16.5. The van der Waals surface area contributed by atoms with Gasteiger partial charge in [0.25, 0.3) is 0 Å². The summed E-state index contributed by atoms with van der Waals surface area (Å²) in [7, 11) is 3.35. The lowest BCUT2D eigenvalue weighted by molar-refractivity contribution is -0.146. The van der Waals surface area contributed by atoms with Gasteiger partial charge in [-0.3, -0.25) is 14.5 Å². The van der Waals surface area contributed by atoms with Crippen molar-refractivity contribution in [2.45, 2.75) is 25.5 Å². The molecule has 0 aliphatic rings. The van der Waals surface area contributed by atoms with Gasteiger partial charge in [-0.1, -0.05) is 30.3 Å². The predicted molar refractivity (Wildman–Crippen MR) is 70.6 cm³/mol. The second-order valence-electron chi connectivity index (χ2n) is 4.50. The first kappa shape index (κ1) is 15.2. The van der Waals surface area contributed by atoms with E-state index in [4.69, 9.17) is 9.84 Å². The van der Waals surface area contributed by atoms with Gasteiger partial charge in [-0.2, -0.15) is 0 Å². The van der Waals surface area contributed by atoms with E-state index in [1.807, 2.05) is 30.3 Å². The summed E-state index contributed by atoms with van der Waals surface area (Å²) in [5, 5.41) is 8.97. The van der Waals surface area contributed by atoms with Crippen LogP contribution in [-0.2, 0) is 20.9 Å². The minimum absolute atomic E-state index is 0.0992. The normalized spacial score (nSPS) is 12.2. The third-order valence-electron chi connectivity index (χ3n) is 2.77. The number of aliphatic carboxylic acids is 1. The third-order valence-corrected chi connectivity index (χ3v) is 2.77. The Morgan fingerprint density at radius 3 is 2.42 bits per heavy atom. The van der Waals surface area contributed by atoms with Crippen LogP contribution in [0, 0.1) is 0 Å². The number of benzene rings is 1. The van der Waals surface area contributed by atoms with Crippen LogP contribution in [0.15, 0.2) is 30.3 Å². The van der Waals surface area contributed by atoms with Crippen molar-refractivity contribution >= 4 is 11.9 Å². The maximum Gasteiger partial charge on any atom is 0.320 e. The third kappa shape index (κ3) is 5.52. The summed E-state index contributed by atoms with van der Waals surface area (Å²) in [6.45, 7) is 0.222. The maximum atomic E-state index is 11.5. The molecule has 19 heavy (non-hydrogen) atoms. The number of nitrogens with zero attached hydrogens (tertiary/aromatic N) is 1. The Bertz CT molecular complexity index is 417. The molecule has 1 N–H and O–H groups in total. The largest absolute Gasteiger partial charge is 0.480 e. The van der Waals surface area contributed by atoms with Crippen molar-refractivity contribution in [2.24, 2.45) is 0 Å². The summed E-state index contributed by atoms with van der Waals surface area (Å²) in [6, 6.07) is 8.70. The molecule has 5 heteroatoms. The SMILES string of the molecule is CN(C)[C@@H](CCC(=O)OCc1ccccc1)C(=O)O. The van der Waals surface area contributed by atoms with Crippen molar-refractivity contribution in [1.29, 1.82) is 0 Å². The lowest BCUT2D eigenvalue weighted by Gasteiger charge is -2.19. The summed E-state index contributed by atoms with van der Waals surface area (Å²) in [6.07, 6.45) is 0.345. The summed E-state index contributed by atoms with van der Waals surface area (Å²) < 4.78 is 5.09. The number of rotatable bonds is 7. The topological polar surface area (TPSA) is 66.8 Å². The maximum absolute atomic E-state index is 11.5. The van der Waals surface area contributed by atoms with Crippen LogP contribution >= 0.6 is 0 Å². The summed E-state index contributed by atoms with van der Waals surface area (Å²) in [5.41, 5.74) is 0.915. The second-order valence-corrected chi connectivity index (χ2v) is 4.50. The van der Waals surface area contributed by atoms with Crippen LogP contribution in [0.2, 0.25) is 0 Å². The Morgan fingerprint density at radius 1 is 1.26 bits per heavy atom. The van der Waals surface area contributed by atoms with Crippen molar-refractivity contribution in [3.8, 4) is 0 Å². The Morgan fingerprint density at radius 2 is 1.89 bits per heavy atom. The van der Waals surface area contributed by atoms with Gasteiger partial charge in [-0.05, 0) is 26.1 Å². The minimum Gasteiger partial charge on any atom is -0.480 e. The zero-order valence-electron chi connectivity index (χ0n) is 11.2. The first-order valence-corrected chi connectivity index (χ1v) is 6.09. The molecule has 1 atom stereocenters. The van der Waals surface area contributed by atoms with Gasteiger partial charge in [-0.25, -0.2) is 0 Å². The van der Waals surface area contributed by atoms with E-state index >= 15 is 0 Å². The number of carboxylic acid groups (broad SMARTS) is 1. The summed E-state index contributed by atoms with van der Waals surface area (Å²) >= 11 is 0. The van der Waals surface area contributed by atoms with Crippen LogP contribution in [-0.4, -0.2) is 42.1 Å². The number of ether oxygens (including phenoxy) is 1. The highest BCUT2D eigenvalue weighted by Gasteiger charge is 2.21. The quantitative estimate of drug-likeness (QED) is 0.757. The van der Waals surface area contributed by atoms with Crippen molar-refractivity contribution in [1.82, 2.24) is 4.90 Å². The van der Waals surface area contributed by atoms with E-state index in [-0.39, 0.29) is 25.4 Å². The van der Waals surface area contributed by atoms with Gasteiger partial charge in [0.2, 0.25) is 0 Å². The van der Waals surface area contributed by atoms with Crippen molar-refractivity contribution in [3.05, 3.63) is 35.9 Å². The fourth-order valence-electron chi connectivity index (χ4n) is 1.67. The van der Waals surface area contributed by atoms with Crippen molar-refractivity contribution in [3.63, 3.8) is 0 Å². The number of carbonyl (C=O) groups excluding carboxylic acids is 1. The van der Waals surface area contributed by atoms with Crippen LogP contribution in [0.3, 0.4) is 0 Å². The number of likely N-dealkylation sites (N-methyl/N-ethyl adjacent to an activating group) is 1. The van der Waals surface area contributed by atoms with Crippen LogP contribution < -0.4 is 0 Å². The van der Waals surface area contributed by atoms with Crippen LogP contribution in [0.5, 0.6) is 0 Å². The smallest absolute Gasteiger partial charge is 0.320 e. The van der Waals surface area contributed by atoms with E-state index in [9.17, 15) is 9.59 Å². The molecule has 1 rings (SSSR count). The van der Waals surface area contributed by atoms with E-state index in [1.165, 1.54) is 0 Å². The van der Waals surface area contributed by atoms with E-state index in [1.54, 1.807) is 19.0 Å². The Balaban J connectivity index is 2.33. The lowest BCUT2D eigenvalue weighted by Crippen LogP contribution is -2.36. The zero-order chi connectivity index (χ0) is 14.3. The van der Waals surface area contributed by atoms with Crippen LogP contribution in [0.1, 0.15) is 18.4 Å². The molecule has 0 aliphatic heterocycles. The van der Waals surface area contributed by atoms with Crippen molar-refractivity contribution < 1.29 is 19.4 Å². The number of hydrogen-bond donors (Lipinski definition) is 1. The molecular formula is C14H19NO4. The Hall–Kier alpha value is -1.88. The monoisotopic (exact) mass is 265 g/mol. The highest BCUT2D eigenvalue weighted by Crippen LogP contribution is 2.07. The number of carboxylic acids is 1. The van der Waals surface area contributed by atoms with E-state index in [0.717, 1.165) is 5.56 Å². The Labute approximate surface area is 112 Å². The Kier molecular flexibility index (Phi) is 6.02. The van der Waals surface area contributed by atoms with Gasteiger partial charge in [0, 0.05) is 6.42 Å². The minimum atomic E-state index is -0.930. The van der Waals surface area contributed by atoms with Gasteiger partial charge in [0.05, 0.1) is 0 Å². The molecule has 0 bridgehead atoms. The number of esters is 1. The molecule has 1 aromatic rings. The van der Waals surface area contributed by atoms with Crippen molar-refractivity contribution in [2.75, 3.05) is 14.1 Å². The van der Waals surface area contributed by atoms with Crippen LogP contribution in [0.25, 0.3) is 0 Å². The van der Waals surface area contributed by atoms with E-state index in [0.29, 0.717) is 0 Å². The van der Waals surface area contributed by atoms with Gasteiger partial charge in [-0.15, -0.1) is 0 Å². The zero-order valence-corrected chi connectivity index (χ0v) is 11.2. The molecule has 0 saturated heterocycles. The summed E-state index contributed by atoms with van der Waals surface area (Å²) in [5.74, 6) is -1.31. The first-order chi connectivity index (χ1) is 9.00. The van der Waals surface area contributed by atoms with Crippen LogP contribution in [0.4, 0.5) is 0 Å². The molecule has 0 amide bonds. The van der Waals surface area contributed by atoms with Gasteiger partial charge in [0.1, 0.15) is 12.6 Å². The standard InChI is InChI=1S/C14H19NO4/c1-15(2)12(14(17)18)8-9-13(16)19-10-11-6-4-3-5-7-11/h3-7,12H,8-10H2,1-2H3,(H,17,18)/t12-/m0/s1. The molecular weight excluding hydrogens is 246 g/mol. The van der Waals surface area contributed by atoms with Gasteiger partial charge < -0.3 is 9.84 Å². The van der Waals surface area contributed by atoms with Gasteiger partial charge in [0.15, 0.2) is 0 Å². The molecule has 0 unspecified atom stereocenters. The average molecular weight is 265 g/mol. The molecule has 104 valence electrons. The molecule has 1 aromatic carbocycles. The summed E-state index contributed by atoms with van der Waals surface area (Å²) in [4.78, 5) is 24.0. The average Bonchev–Trinajstić information content (AvgIpc) is 2.37.